The van der Waals surface area contributed by atoms with Crippen LogP contribution in [0.2, 0.25) is 0 Å². The van der Waals surface area contributed by atoms with Crippen LogP contribution in [0.25, 0.3) is 0 Å². The summed E-state index contributed by atoms with van der Waals surface area (Å²) in [6, 6.07) is 6.10. The van der Waals surface area contributed by atoms with Crippen LogP contribution in [-0.2, 0) is 25.8 Å². The molecule has 4 rings (SSSR count). The summed E-state index contributed by atoms with van der Waals surface area (Å²) in [5, 5.41) is 6.99. The molecule has 1 aromatic heterocycles. The van der Waals surface area contributed by atoms with E-state index in [0.29, 0.717) is 12.3 Å². The van der Waals surface area contributed by atoms with Gasteiger partial charge in [0.25, 0.3) is 5.91 Å². The summed E-state index contributed by atoms with van der Waals surface area (Å²) in [6.07, 6.45) is 4.89. The molecule has 126 valence electrons. The molecule has 24 heavy (non-hydrogen) atoms. The van der Waals surface area contributed by atoms with Gasteiger partial charge in [0.05, 0.1) is 5.69 Å². The van der Waals surface area contributed by atoms with Crippen LogP contribution >= 0.6 is 0 Å². The number of nitrogens with zero attached hydrogens (tertiary/aromatic N) is 1. The Labute approximate surface area is 141 Å². The molecule has 0 bridgehead atoms. The smallest absolute Gasteiger partial charge is 0.290 e. The number of ether oxygens (including phenoxy) is 1. The number of aromatic nitrogens is 1. The number of benzene rings is 1. The van der Waals surface area contributed by atoms with Crippen molar-refractivity contribution in [2.45, 2.75) is 58.1 Å². The molecular weight excluding hydrogens is 304 g/mol. The van der Waals surface area contributed by atoms with E-state index in [9.17, 15) is 4.79 Å². The Balaban J connectivity index is 1.44. The molecule has 2 aromatic rings. The highest BCUT2D eigenvalue weighted by molar-refractivity contribution is 5.93. The molecule has 5 heteroatoms. The summed E-state index contributed by atoms with van der Waals surface area (Å²) in [5.41, 5.74) is 4.05. The van der Waals surface area contributed by atoms with Crippen LogP contribution in [0.1, 0.15) is 59.6 Å². The largest absolute Gasteiger partial charge is 0.487 e. The Morgan fingerprint density at radius 3 is 3.00 bits per heavy atom. The molecule has 2 aliphatic rings. The van der Waals surface area contributed by atoms with Crippen LogP contribution in [0.4, 0.5) is 0 Å². The molecule has 2 heterocycles. The first kappa shape index (κ1) is 15.2. The van der Waals surface area contributed by atoms with Crippen LogP contribution < -0.4 is 10.1 Å². The number of aryl methyl sites for hydroxylation is 1. The maximum atomic E-state index is 12.4. The minimum atomic E-state index is -0.178. The van der Waals surface area contributed by atoms with Crippen molar-refractivity contribution in [1.29, 1.82) is 0 Å². The molecule has 0 saturated carbocycles. The quantitative estimate of drug-likeness (QED) is 0.941. The van der Waals surface area contributed by atoms with E-state index < -0.39 is 0 Å². The van der Waals surface area contributed by atoms with Gasteiger partial charge in [0.15, 0.2) is 0 Å². The first-order chi connectivity index (χ1) is 11.5. The summed E-state index contributed by atoms with van der Waals surface area (Å²) in [6.45, 7) is 4.64. The number of rotatable bonds is 3. The number of fused-ring (bicyclic) bond motifs is 2. The van der Waals surface area contributed by atoms with Gasteiger partial charge in [-0.1, -0.05) is 17.3 Å². The van der Waals surface area contributed by atoms with Crippen molar-refractivity contribution in [3.05, 3.63) is 46.3 Å². The highest BCUT2D eigenvalue weighted by atomic mass is 16.5. The lowest BCUT2D eigenvalue weighted by atomic mass is 9.96. The van der Waals surface area contributed by atoms with E-state index >= 15 is 0 Å². The summed E-state index contributed by atoms with van der Waals surface area (Å²) in [4.78, 5) is 12.4. The zero-order chi connectivity index (χ0) is 16.7. The molecule has 0 radical (unpaired) electrons. The Kier molecular flexibility index (Phi) is 3.59. The first-order valence-corrected chi connectivity index (χ1v) is 8.58. The second kappa shape index (κ2) is 5.65. The lowest BCUT2D eigenvalue weighted by Gasteiger charge is -2.16. The molecule has 0 atom stereocenters. The van der Waals surface area contributed by atoms with Gasteiger partial charge in [0.2, 0.25) is 5.76 Å². The molecule has 0 saturated heterocycles. The van der Waals surface area contributed by atoms with Gasteiger partial charge in [-0.25, -0.2) is 0 Å². The Morgan fingerprint density at radius 1 is 1.29 bits per heavy atom. The summed E-state index contributed by atoms with van der Waals surface area (Å²) < 4.78 is 11.2. The van der Waals surface area contributed by atoms with Crippen LogP contribution in [0.3, 0.4) is 0 Å². The van der Waals surface area contributed by atoms with Crippen LogP contribution in [0.5, 0.6) is 5.75 Å². The minimum Gasteiger partial charge on any atom is -0.487 e. The van der Waals surface area contributed by atoms with Crippen LogP contribution in [0.15, 0.2) is 22.7 Å². The zero-order valence-electron chi connectivity index (χ0n) is 14.1. The van der Waals surface area contributed by atoms with E-state index in [2.05, 4.69) is 30.4 Å². The Morgan fingerprint density at radius 2 is 2.12 bits per heavy atom. The third-order valence-electron chi connectivity index (χ3n) is 4.75. The number of hydrogen-bond donors (Lipinski definition) is 1. The fourth-order valence-electron chi connectivity index (χ4n) is 3.60. The normalized spacial score (nSPS) is 17.8. The molecule has 1 aliphatic heterocycles. The van der Waals surface area contributed by atoms with Gasteiger partial charge in [-0.05, 0) is 56.7 Å². The van der Waals surface area contributed by atoms with E-state index in [4.69, 9.17) is 9.26 Å². The average Bonchev–Trinajstić information content (AvgIpc) is 3.11. The number of nitrogens with one attached hydrogen (secondary N) is 1. The third-order valence-corrected chi connectivity index (χ3v) is 4.75. The van der Waals surface area contributed by atoms with Gasteiger partial charge in [0.1, 0.15) is 11.4 Å². The molecule has 0 spiro atoms. The summed E-state index contributed by atoms with van der Waals surface area (Å²) in [5.74, 6) is 1.15. The SMILES string of the molecule is CC1(C)Cc2cc(CNC(=O)c3onc4c3CCCC4)ccc2O1. The van der Waals surface area contributed by atoms with Gasteiger partial charge >= 0.3 is 0 Å². The molecule has 1 aromatic carbocycles. The third kappa shape index (κ3) is 2.79. The van der Waals surface area contributed by atoms with Gasteiger partial charge in [0, 0.05) is 18.5 Å². The second-order valence-electron chi connectivity index (χ2n) is 7.31. The maximum absolute atomic E-state index is 12.4. The van der Waals surface area contributed by atoms with Gasteiger partial charge in [-0.15, -0.1) is 0 Å². The van der Waals surface area contributed by atoms with E-state index in [1.165, 1.54) is 5.56 Å². The number of amides is 1. The summed E-state index contributed by atoms with van der Waals surface area (Å²) >= 11 is 0. The number of carbonyl (C=O) groups excluding carboxylic acids is 1. The fraction of sp³-hybridized carbons (Fsp3) is 0.474. The lowest BCUT2D eigenvalue weighted by Crippen LogP contribution is -2.24. The maximum Gasteiger partial charge on any atom is 0.290 e. The predicted octanol–water partition coefficient (Wildman–Crippen LogP) is 3.20. The first-order valence-electron chi connectivity index (χ1n) is 8.58. The van der Waals surface area contributed by atoms with Crippen molar-refractivity contribution in [2.24, 2.45) is 0 Å². The summed E-state index contributed by atoms with van der Waals surface area (Å²) in [7, 11) is 0. The van der Waals surface area contributed by atoms with E-state index in [1.807, 2.05) is 12.1 Å². The van der Waals surface area contributed by atoms with Gasteiger partial charge in [-0.2, -0.15) is 0 Å². The molecule has 0 unspecified atom stereocenters. The highest BCUT2D eigenvalue weighted by Gasteiger charge is 2.30. The average molecular weight is 326 g/mol. The number of carbonyl (C=O) groups is 1. The van der Waals surface area contributed by atoms with Crippen molar-refractivity contribution >= 4 is 5.91 Å². The number of hydrogen-bond acceptors (Lipinski definition) is 4. The van der Waals surface area contributed by atoms with Gasteiger partial charge < -0.3 is 14.6 Å². The molecule has 5 nitrogen and oxygen atoms in total. The standard InChI is InChI=1S/C19H22N2O3/c1-19(2)10-13-9-12(7-8-16(13)23-19)11-20-18(22)17-14-5-3-4-6-15(14)21-24-17/h7-9H,3-6,10-11H2,1-2H3,(H,20,22). The van der Waals surface area contributed by atoms with Crippen molar-refractivity contribution < 1.29 is 14.1 Å². The Hall–Kier alpha value is -2.30. The molecule has 1 amide bonds. The minimum absolute atomic E-state index is 0.150. The van der Waals surface area contributed by atoms with Crippen molar-refractivity contribution in [1.82, 2.24) is 10.5 Å². The zero-order valence-corrected chi connectivity index (χ0v) is 14.1. The van der Waals surface area contributed by atoms with Crippen molar-refractivity contribution in [2.75, 3.05) is 0 Å². The lowest BCUT2D eigenvalue weighted by molar-refractivity contribution is 0.0912. The fourth-order valence-corrected chi connectivity index (χ4v) is 3.60. The van der Waals surface area contributed by atoms with Gasteiger partial charge in [-0.3, -0.25) is 4.79 Å². The van der Waals surface area contributed by atoms with Crippen LogP contribution in [0, 0.1) is 0 Å². The van der Waals surface area contributed by atoms with Crippen molar-refractivity contribution in [3.8, 4) is 5.75 Å². The van der Waals surface area contributed by atoms with E-state index in [0.717, 1.165) is 54.7 Å². The molecular formula is C19H22N2O3. The van der Waals surface area contributed by atoms with E-state index in [-0.39, 0.29) is 11.5 Å². The monoisotopic (exact) mass is 326 g/mol. The topological polar surface area (TPSA) is 64.4 Å². The molecule has 1 N–H and O–H groups in total. The van der Waals surface area contributed by atoms with E-state index in [1.54, 1.807) is 0 Å². The van der Waals surface area contributed by atoms with Crippen molar-refractivity contribution in [3.63, 3.8) is 0 Å². The predicted molar refractivity (Wildman–Crippen MR) is 89.2 cm³/mol. The highest BCUT2D eigenvalue weighted by Crippen LogP contribution is 2.35. The van der Waals surface area contributed by atoms with Crippen LogP contribution in [-0.4, -0.2) is 16.7 Å². The second-order valence-corrected chi connectivity index (χ2v) is 7.31. The molecule has 1 aliphatic carbocycles. The molecule has 0 fully saturated rings. The Bertz CT molecular complexity index is 792.